The Morgan fingerprint density at radius 2 is 1.89 bits per heavy atom. The van der Waals surface area contributed by atoms with E-state index < -0.39 is 0 Å². The lowest BCUT2D eigenvalue weighted by atomic mass is 9.97. The van der Waals surface area contributed by atoms with Gasteiger partial charge in [0, 0.05) is 31.7 Å². The number of para-hydroxylation sites is 1. The molecule has 0 saturated carbocycles. The smallest absolute Gasteiger partial charge is 0.321 e. The summed E-state index contributed by atoms with van der Waals surface area (Å²) in [6.45, 7) is 4.65. The van der Waals surface area contributed by atoms with Crippen molar-refractivity contribution in [2.24, 2.45) is 7.05 Å². The van der Waals surface area contributed by atoms with E-state index in [0.29, 0.717) is 6.54 Å². The van der Waals surface area contributed by atoms with Gasteiger partial charge in [-0.15, -0.1) is 10.2 Å². The van der Waals surface area contributed by atoms with Crippen LogP contribution in [0.5, 0.6) is 0 Å². The van der Waals surface area contributed by atoms with Crippen LogP contribution < -0.4 is 5.32 Å². The summed E-state index contributed by atoms with van der Waals surface area (Å²) in [5.41, 5.74) is 0.830. The van der Waals surface area contributed by atoms with E-state index in [1.54, 1.807) is 0 Å². The molecule has 1 N–H and O–H groups in total. The quantitative estimate of drug-likeness (QED) is 0.901. The highest BCUT2D eigenvalue weighted by atomic mass is 16.2. The lowest BCUT2D eigenvalue weighted by Gasteiger charge is -2.32. The van der Waals surface area contributed by atoms with Gasteiger partial charge < -0.3 is 14.8 Å². The van der Waals surface area contributed by atoms with E-state index in [1.807, 2.05) is 35.2 Å². The number of hydrogen-bond acceptors (Lipinski definition) is 4. The van der Waals surface area contributed by atoms with Gasteiger partial charge in [-0.3, -0.25) is 4.90 Å². The van der Waals surface area contributed by atoms with Crippen LogP contribution in [0.15, 0.2) is 30.3 Å². The minimum Gasteiger partial charge on any atom is -0.324 e. The van der Waals surface area contributed by atoms with Crippen LogP contribution in [-0.2, 0) is 13.6 Å². The van der Waals surface area contributed by atoms with Gasteiger partial charge in [0.1, 0.15) is 11.6 Å². The molecule has 0 spiro atoms. The Kier molecular flexibility index (Phi) is 5.38. The number of anilines is 1. The number of aromatic nitrogens is 3. The van der Waals surface area contributed by atoms with Crippen molar-refractivity contribution in [3.63, 3.8) is 0 Å². The standard InChI is InChI=1S/C20H28N6O/c1-24-18(15-25-11-5-6-12-25)22-23-19(24)16-8-7-13-26(14-16)20(27)21-17-9-3-2-4-10-17/h2-4,9-10,16H,5-8,11-15H2,1H3,(H,21,27). The van der Waals surface area contributed by atoms with Crippen LogP contribution >= 0.6 is 0 Å². The van der Waals surface area contributed by atoms with E-state index in [4.69, 9.17) is 0 Å². The highest BCUT2D eigenvalue weighted by molar-refractivity contribution is 5.89. The van der Waals surface area contributed by atoms with Crippen LogP contribution in [0.3, 0.4) is 0 Å². The molecule has 2 aliphatic heterocycles. The summed E-state index contributed by atoms with van der Waals surface area (Å²) in [5.74, 6) is 2.27. The van der Waals surface area contributed by atoms with Crippen LogP contribution in [0.25, 0.3) is 0 Å². The second kappa shape index (κ2) is 8.08. The minimum absolute atomic E-state index is 0.0367. The molecular weight excluding hydrogens is 340 g/mol. The number of likely N-dealkylation sites (tertiary alicyclic amines) is 2. The predicted octanol–water partition coefficient (Wildman–Crippen LogP) is 2.82. The molecule has 3 heterocycles. The van der Waals surface area contributed by atoms with E-state index in [1.165, 1.54) is 12.8 Å². The molecule has 1 atom stereocenters. The van der Waals surface area contributed by atoms with Crippen LogP contribution in [0.2, 0.25) is 0 Å². The molecule has 7 heteroatoms. The van der Waals surface area contributed by atoms with E-state index >= 15 is 0 Å². The first kappa shape index (κ1) is 18.0. The van der Waals surface area contributed by atoms with Crippen molar-refractivity contribution >= 4 is 11.7 Å². The molecule has 2 aliphatic rings. The number of hydrogen-bond donors (Lipinski definition) is 1. The molecule has 144 valence electrons. The Morgan fingerprint density at radius 1 is 1.11 bits per heavy atom. The van der Waals surface area contributed by atoms with Crippen molar-refractivity contribution in [3.8, 4) is 0 Å². The zero-order valence-corrected chi connectivity index (χ0v) is 16.0. The topological polar surface area (TPSA) is 66.3 Å². The minimum atomic E-state index is -0.0367. The third-order valence-electron chi connectivity index (χ3n) is 5.66. The number of nitrogens with one attached hydrogen (secondary N) is 1. The molecule has 7 nitrogen and oxygen atoms in total. The third-order valence-corrected chi connectivity index (χ3v) is 5.66. The van der Waals surface area contributed by atoms with Gasteiger partial charge in [0.15, 0.2) is 0 Å². The molecule has 2 fully saturated rings. The summed E-state index contributed by atoms with van der Waals surface area (Å²) >= 11 is 0. The zero-order valence-electron chi connectivity index (χ0n) is 16.0. The largest absolute Gasteiger partial charge is 0.324 e. The maximum atomic E-state index is 12.6. The molecule has 27 heavy (non-hydrogen) atoms. The maximum absolute atomic E-state index is 12.6. The number of piperidine rings is 1. The van der Waals surface area contributed by atoms with Gasteiger partial charge in [-0.2, -0.15) is 0 Å². The summed E-state index contributed by atoms with van der Waals surface area (Å²) < 4.78 is 2.14. The summed E-state index contributed by atoms with van der Waals surface area (Å²) in [4.78, 5) is 17.0. The molecule has 0 radical (unpaired) electrons. The van der Waals surface area contributed by atoms with Gasteiger partial charge in [0.05, 0.1) is 6.54 Å². The monoisotopic (exact) mass is 368 g/mol. The fourth-order valence-electron chi connectivity index (χ4n) is 4.11. The number of carbonyl (C=O) groups excluding carboxylic acids is 1. The molecule has 1 aromatic heterocycles. The third kappa shape index (κ3) is 4.13. The zero-order chi connectivity index (χ0) is 18.6. The van der Waals surface area contributed by atoms with Crippen LogP contribution in [-0.4, -0.2) is 56.8 Å². The van der Waals surface area contributed by atoms with E-state index in [9.17, 15) is 4.79 Å². The van der Waals surface area contributed by atoms with Crippen molar-refractivity contribution in [2.75, 3.05) is 31.5 Å². The first-order valence-electron chi connectivity index (χ1n) is 9.92. The molecule has 4 rings (SSSR count). The van der Waals surface area contributed by atoms with Gasteiger partial charge in [0.2, 0.25) is 0 Å². The summed E-state index contributed by atoms with van der Waals surface area (Å²) in [6, 6.07) is 9.58. The second-order valence-electron chi connectivity index (χ2n) is 7.60. The van der Waals surface area contributed by atoms with E-state index in [0.717, 1.165) is 56.4 Å². The molecule has 0 aliphatic carbocycles. The lowest BCUT2D eigenvalue weighted by molar-refractivity contribution is 0.190. The Balaban J connectivity index is 1.40. The number of nitrogens with zero attached hydrogens (tertiary/aromatic N) is 5. The molecule has 1 unspecified atom stereocenters. The highest BCUT2D eigenvalue weighted by Gasteiger charge is 2.29. The normalized spacial score (nSPS) is 20.8. The number of rotatable bonds is 4. The number of carbonyl (C=O) groups is 1. The van der Waals surface area contributed by atoms with Crippen molar-refractivity contribution in [2.45, 2.75) is 38.1 Å². The molecule has 2 saturated heterocycles. The first-order valence-corrected chi connectivity index (χ1v) is 9.92. The van der Waals surface area contributed by atoms with Crippen molar-refractivity contribution < 1.29 is 4.79 Å². The van der Waals surface area contributed by atoms with Crippen LogP contribution in [0, 0.1) is 0 Å². The van der Waals surface area contributed by atoms with Gasteiger partial charge >= 0.3 is 6.03 Å². The first-order chi connectivity index (χ1) is 13.2. The number of urea groups is 1. The Morgan fingerprint density at radius 3 is 2.67 bits per heavy atom. The fourth-order valence-corrected chi connectivity index (χ4v) is 4.11. The maximum Gasteiger partial charge on any atom is 0.321 e. The molecule has 0 bridgehead atoms. The fraction of sp³-hybridized carbons (Fsp3) is 0.550. The molecule has 2 aromatic rings. The SMILES string of the molecule is Cn1c(CN2CCCC2)nnc1C1CCCN(C(=O)Nc2ccccc2)C1. The Labute approximate surface area is 160 Å². The second-order valence-corrected chi connectivity index (χ2v) is 7.60. The van der Waals surface area contributed by atoms with Crippen LogP contribution in [0.4, 0.5) is 10.5 Å². The molecular formula is C20H28N6O. The van der Waals surface area contributed by atoms with Gasteiger partial charge in [-0.1, -0.05) is 18.2 Å². The molecule has 2 amide bonds. The molecule has 1 aromatic carbocycles. The van der Waals surface area contributed by atoms with Gasteiger partial charge in [-0.25, -0.2) is 4.79 Å². The van der Waals surface area contributed by atoms with Gasteiger partial charge in [-0.05, 0) is 50.9 Å². The van der Waals surface area contributed by atoms with E-state index in [-0.39, 0.29) is 11.9 Å². The Hall–Kier alpha value is -2.41. The van der Waals surface area contributed by atoms with Crippen LogP contribution in [0.1, 0.15) is 43.3 Å². The van der Waals surface area contributed by atoms with Crippen molar-refractivity contribution in [3.05, 3.63) is 42.0 Å². The van der Waals surface area contributed by atoms with Crippen molar-refractivity contribution in [1.82, 2.24) is 24.6 Å². The summed E-state index contributed by atoms with van der Waals surface area (Å²) in [5, 5.41) is 11.9. The van der Waals surface area contributed by atoms with Gasteiger partial charge in [0.25, 0.3) is 0 Å². The summed E-state index contributed by atoms with van der Waals surface area (Å²) in [6.07, 6.45) is 4.59. The van der Waals surface area contributed by atoms with E-state index in [2.05, 4.69) is 32.0 Å². The average molecular weight is 368 g/mol. The lowest BCUT2D eigenvalue weighted by Crippen LogP contribution is -2.42. The Bertz CT molecular complexity index is 768. The highest BCUT2D eigenvalue weighted by Crippen LogP contribution is 2.26. The number of benzene rings is 1. The number of amides is 2. The average Bonchev–Trinajstić information content (AvgIpc) is 3.33. The van der Waals surface area contributed by atoms with Crippen molar-refractivity contribution in [1.29, 1.82) is 0 Å². The predicted molar refractivity (Wildman–Crippen MR) is 105 cm³/mol. The summed E-state index contributed by atoms with van der Waals surface area (Å²) in [7, 11) is 2.06.